The van der Waals surface area contributed by atoms with Gasteiger partial charge in [-0.25, -0.2) is 0 Å². The van der Waals surface area contributed by atoms with Crippen LogP contribution in [0.2, 0.25) is 0 Å². The van der Waals surface area contributed by atoms with Crippen LogP contribution in [0.5, 0.6) is 0 Å². The number of nitrogens with zero attached hydrogens (tertiary/aromatic N) is 4. The standard InChI is InChI=1S/C22H34N8O/c1-14-8-9-15(18(23)31)11-17(14)26-20-27-19(25-16-7-6-10-24-12-16)28-21(29-20)30(5)13-22(2,3)4/h8-9,11,16,24H,6-7,10,12-13H2,1-5H3,(H2,23,31)(H2,25,26,27,28,29)/t16-/m0/s1. The molecule has 1 aromatic heterocycles. The first kappa shape index (κ1) is 22.7. The van der Waals surface area contributed by atoms with Gasteiger partial charge in [-0.15, -0.1) is 0 Å². The zero-order chi connectivity index (χ0) is 22.6. The van der Waals surface area contributed by atoms with E-state index in [0.717, 1.165) is 43.7 Å². The maximum Gasteiger partial charge on any atom is 0.248 e. The lowest BCUT2D eigenvalue weighted by Crippen LogP contribution is -2.39. The van der Waals surface area contributed by atoms with E-state index in [4.69, 9.17) is 5.73 Å². The molecule has 1 aliphatic rings. The number of carbonyl (C=O) groups is 1. The van der Waals surface area contributed by atoms with Crippen LogP contribution in [0, 0.1) is 12.3 Å². The maximum atomic E-state index is 11.6. The van der Waals surface area contributed by atoms with Crippen LogP contribution in [0.25, 0.3) is 0 Å². The van der Waals surface area contributed by atoms with Crippen LogP contribution in [-0.4, -0.2) is 53.6 Å². The molecule has 9 nitrogen and oxygen atoms in total. The zero-order valence-electron chi connectivity index (χ0n) is 19.1. The highest BCUT2D eigenvalue weighted by Gasteiger charge is 2.20. The Kier molecular flexibility index (Phi) is 6.94. The summed E-state index contributed by atoms with van der Waals surface area (Å²) in [4.78, 5) is 27.5. The molecule has 0 unspecified atom stereocenters. The first-order chi connectivity index (χ1) is 14.6. The third kappa shape index (κ3) is 6.52. The summed E-state index contributed by atoms with van der Waals surface area (Å²) in [5.41, 5.74) is 7.65. The van der Waals surface area contributed by atoms with Crippen molar-refractivity contribution < 1.29 is 4.79 Å². The van der Waals surface area contributed by atoms with E-state index in [1.807, 2.05) is 24.9 Å². The molecule has 0 bridgehead atoms. The normalized spacial score (nSPS) is 16.6. The molecule has 1 aliphatic heterocycles. The van der Waals surface area contributed by atoms with Gasteiger partial charge in [0.1, 0.15) is 0 Å². The van der Waals surface area contributed by atoms with Gasteiger partial charge in [0, 0.05) is 37.4 Å². The molecule has 0 radical (unpaired) electrons. The average molecular weight is 427 g/mol. The van der Waals surface area contributed by atoms with Crippen molar-refractivity contribution in [3.63, 3.8) is 0 Å². The zero-order valence-corrected chi connectivity index (χ0v) is 19.1. The van der Waals surface area contributed by atoms with Gasteiger partial charge >= 0.3 is 0 Å². The van der Waals surface area contributed by atoms with E-state index in [-0.39, 0.29) is 11.5 Å². The van der Waals surface area contributed by atoms with E-state index in [0.29, 0.717) is 23.4 Å². The lowest BCUT2D eigenvalue weighted by molar-refractivity contribution is 0.100. The molecular formula is C22H34N8O. The second kappa shape index (κ2) is 9.47. The number of piperidine rings is 1. The van der Waals surface area contributed by atoms with Crippen molar-refractivity contribution in [1.82, 2.24) is 20.3 Å². The summed E-state index contributed by atoms with van der Waals surface area (Å²) in [5, 5.41) is 10.1. The van der Waals surface area contributed by atoms with Crippen LogP contribution in [0.1, 0.15) is 49.5 Å². The van der Waals surface area contributed by atoms with E-state index in [9.17, 15) is 4.79 Å². The van der Waals surface area contributed by atoms with Gasteiger partial charge in [-0.2, -0.15) is 15.0 Å². The molecule has 9 heteroatoms. The second-order valence-corrected chi connectivity index (χ2v) is 9.41. The molecule has 0 spiro atoms. The number of benzene rings is 1. The van der Waals surface area contributed by atoms with Crippen molar-refractivity contribution in [2.24, 2.45) is 11.1 Å². The minimum atomic E-state index is -0.476. The number of hydrogen-bond acceptors (Lipinski definition) is 8. The molecule has 31 heavy (non-hydrogen) atoms. The Balaban J connectivity index is 1.92. The molecule has 5 N–H and O–H groups in total. The first-order valence-electron chi connectivity index (χ1n) is 10.7. The number of aryl methyl sites for hydroxylation is 1. The van der Waals surface area contributed by atoms with E-state index in [1.54, 1.807) is 12.1 Å². The predicted octanol–water partition coefficient (Wildman–Crippen LogP) is 2.67. The summed E-state index contributed by atoms with van der Waals surface area (Å²) in [5.74, 6) is 1.06. The van der Waals surface area contributed by atoms with Crippen LogP contribution < -0.4 is 26.6 Å². The molecule has 2 heterocycles. The Morgan fingerprint density at radius 1 is 1.26 bits per heavy atom. The van der Waals surface area contributed by atoms with E-state index < -0.39 is 5.91 Å². The molecule has 3 rings (SSSR count). The van der Waals surface area contributed by atoms with E-state index in [2.05, 4.69) is 51.7 Å². The Morgan fingerprint density at radius 2 is 2.00 bits per heavy atom. The number of anilines is 4. The quantitative estimate of drug-likeness (QED) is 0.533. The van der Waals surface area contributed by atoms with Crippen LogP contribution in [0.4, 0.5) is 23.5 Å². The van der Waals surface area contributed by atoms with Crippen LogP contribution in [-0.2, 0) is 0 Å². The van der Waals surface area contributed by atoms with Gasteiger partial charge in [0.05, 0.1) is 0 Å². The minimum Gasteiger partial charge on any atom is -0.366 e. The number of carbonyl (C=O) groups excluding carboxylic acids is 1. The maximum absolute atomic E-state index is 11.6. The number of nitrogens with two attached hydrogens (primary N) is 1. The number of primary amides is 1. The number of rotatable bonds is 7. The molecule has 1 amide bonds. The highest BCUT2D eigenvalue weighted by molar-refractivity contribution is 5.94. The van der Waals surface area contributed by atoms with Gasteiger partial charge < -0.3 is 26.6 Å². The van der Waals surface area contributed by atoms with Crippen molar-refractivity contribution in [3.8, 4) is 0 Å². The summed E-state index contributed by atoms with van der Waals surface area (Å²) in [6.07, 6.45) is 2.18. The molecule has 0 aliphatic carbocycles. The number of hydrogen-bond donors (Lipinski definition) is 4. The average Bonchev–Trinajstić information content (AvgIpc) is 2.69. The van der Waals surface area contributed by atoms with Crippen LogP contribution in [0.3, 0.4) is 0 Å². The Hall–Kier alpha value is -2.94. The monoisotopic (exact) mass is 426 g/mol. The van der Waals surface area contributed by atoms with Gasteiger partial charge in [0.15, 0.2) is 0 Å². The van der Waals surface area contributed by atoms with Gasteiger partial charge in [-0.05, 0) is 49.4 Å². The highest BCUT2D eigenvalue weighted by atomic mass is 16.1. The lowest BCUT2D eigenvalue weighted by Gasteiger charge is -2.28. The fraction of sp³-hybridized carbons (Fsp3) is 0.545. The van der Waals surface area contributed by atoms with Crippen molar-refractivity contribution in [3.05, 3.63) is 29.3 Å². The number of aromatic nitrogens is 3. The van der Waals surface area contributed by atoms with E-state index in [1.165, 1.54) is 0 Å². The topological polar surface area (TPSA) is 121 Å². The Morgan fingerprint density at radius 3 is 2.65 bits per heavy atom. The number of amides is 1. The molecular weight excluding hydrogens is 392 g/mol. The molecule has 1 aromatic carbocycles. The first-order valence-corrected chi connectivity index (χ1v) is 10.7. The van der Waals surface area contributed by atoms with Gasteiger partial charge in [0.25, 0.3) is 0 Å². The van der Waals surface area contributed by atoms with Crippen molar-refractivity contribution >= 4 is 29.4 Å². The largest absolute Gasteiger partial charge is 0.366 e. The third-order valence-corrected chi connectivity index (χ3v) is 5.08. The van der Waals surface area contributed by atoms with Crippen molar-refractivity contribution in [2.45, 2.75) is 46.6 Å². The summed E-state index contributed by atoms with van der Waals surface area (Å²) >= 11 is 0. The van der Waals surface area contributed by atoms with E-state index >= 15 is 0 Å². The molecule has 2 aromatic rings. The molecule has 168 valence electrons. The summed E-state index contributed by atoms with van der Waals surface area (Å²) < 4.78 is 0. The van der Waals surface area contributed by atoms with Gasteiger partial charge in [-0.1, -0.05) is 26.8 Å². The highest BCUT2D eigenvalue weighted by Crippen LogP contribution is 2.24. The second-order valence-electron chi connectivity index (χ2n) is 9.41. The summed E-state index contributed by atoms with van der Waals surface area (Å²) in [6, 6.07) is 5.55. The van der Waals surface area contributed by atoms with Crippen molar-refractivity contribution in [2.75, 3.05) is 42.2 Å². The molecule has 1 saturated heterocycles. The fourth-order valence-electron chi connectivity index (χ4n) is 3.63. The molecule has 0 saturated carbocycles. The predicted molar refractivity (Wildman–Crippen MR) is 125 cm³/mol. The van der Waals surface area contributed by atoms with Gasteiger partial charge in [-0.3, -0.25) is 4.79 Å². The Bertz CT molecular complexity index is 918. The van der Waals surface area contributed by atoms with Gasteiger partial charge in [0.2, 0.25) is 23.8 Å². The summed E-state index contributed by atoms with van der Waals surface area (Å²) in [6.45, 7) is 11.2. The van der Waals surface area contributed by atoms with Crippen LogP contribution >= 0.6 is 0 Å². The fourth-order valence-corrected chi connectivity index (χ4v) is 3.63. The molecule has 1 fully saturated rings. The smallest absolute Gasteiger partial charge is 0.248 e. The molecule has 1 atom stereocenters. The number of nitrogens with one attached hydrogen (secondary N) is 3. The summed E-state index contributed by atoms with van der Waals surface area (Å²) in [7, 11) is 1.98. The minimum absolute atomic E-state index is 0.0856. The third-order valence-electron chi connectivity index (χ3n) is 5.08. The SMILES string of the molecule is Cc1ccc(C(N)=O)cc1Nc1nc(N[C@H]2CCCNC2)nc(N(C)CC(C)(C)C)n1. The lowest BCUT2D eigenvalue weighted by atomic mass is 9.96. The van der Waals surface area contributed by atoms with Crippen LogP contribution in [0.15, 0.2) is 18.2 Å². The van der Waals surface area contributed by atoms with Crippen molar-refractivity contribution in [1.29, 1.82) is 0 Å². The Labute approximate surface area is 184 Å².